The number of fused-ring (bicyclic) bond motifs is 1. The largest absolute Gasteiger partial charge is 0.493 e. The maximum Gasteiger partial charge on any atom is 0.122 e. The first kappa shape index (κ1) is 12.9. The van der Waals surface area contributed by atoms with E-state index < -0.39 is 0 Å². The molecule has 1 aromatic rings. The molecule has 2 aliphatic heterocycles. The third-order valence-corrected chi connectivity index (χ3v) is 4.43. The lowest BCUT2D eigenvalue weighted by atomic mass is 9.91. The van der Waals surface area contributed by atoms with E-state index in [1.165, 1.54) is 5.56 Å². The fourth-order valence-corrected chi connectivity index (χ4v) is 3.24. The van der Waals surface area contributed by atoms with Crippen LogP contribution < -0.4 is 10.1 Å². The molecule has 0 aromatic heterocycles. The average Bonchev–Trinajstić information content (AvgIpc) is 2.43. The Morgan fingerprint density at radius 1 is 1.32 bits per heavy atom. The Bertz CT molecular complexity index is 435. The summed E-state index contributed by atoms with van der Waals surface area (Å²) in [6.45, 7) is 8.87. The summed E-state index contributed by atoms with van der Waals surface area (Å²) in [5, 5.41) is 3.55. The Hall–Kier alpha value is -1.06. The van der Waals surface area contributed by atoms with Crippen molar-refractivity contribution in [3.8, 4) is 5.75 Å². The van der Waals surface area contributed by atoms with Gasteiger partial charge in [-0.2, -0.15) is 0 Å². The molecule has 0 bridgehead atoms. The molecule has 3 unspecified atom stereocenters. The molecule has 2 aliphatic rings. The summed E-state index contributed by atoms with van der Waals surface area (Å²) in [4.78, 5) is 2.63. The number of nitrogens with zero attached hydrogens (tertiary/aromatic N) is 1. The zero-order valence-corrected chi connectivity index (χ0v) is 11.9. The van der Waals surface area contributed by atoms with Gasteiger partial charge in [-0.05, 0) is 31.9 Å². The summed E-state index contributed by atoms with van der Waals surface area (Å²) in [7, 11) is 0. The summed E-state index contributed by atoms with van der Waals surface area (Å²) < 4.78 is 5.76. The van der Waals surface area contributed by atoms with Crippen molar-refractivity contribution >= 4 is 0 Å². The first-order valence-corrected chi connectivity index (χ1v) is 7.43. The SMILES string of the molecule is CC1CN(CC2CCOc3ccccc32)C(C)CN1. The van der Waals surface area contributed by atoms with Gasteiger partial charge in [-0.15, -0.1) is 0 Å². The lowest BCUT2D eigenvalue weighted by Crippen LogP contribution is -2.55. The quantitative estimate of drug-likeness (QED) is 0.882. The highest BCUT2D eigenvalue weighted by Crippen LogP contribution is 2.34. The standard InChI is InChI=1S/C16H24N2O/c1-12-10-18(13(2)9-17-12)11-14-7-8-19-16-6-4-3-5-15(14)16/h3-6,12-14,17H,7-11H2,1-2H3. The van der Waals surface area contributed by atoms with Crippen LogP contribution in [-0.2, 0) is 0 Å². The highest BCUT2D eigenvalue weighted by Gasteiger charge is 2.28. The normalized spacial score (nSPS) is 31.6. The van der Waals surface area contributed by atoms with Crippen LogP contribution >= 0.6 is 0 Å². The Kier molecular flexibility index (Phi) is 3.76. The summed E-state index contributed by atoms with van der Waals surface area (Å²) >= 11 is 0. The zero-order chi connectivity index (χ0) is 13.2. The molecule has 0 aliphatic carbocycles. The first-order valence-electron chi connectivity index (χ1n) is 7.43. The van der Waals surface area contributed by atoms with Crippen LogP contribution in [0.4, 0.5) is 0 Å². The van der Waals surface area contributed by atoms with E-state index >= 15 is 0 Å². The maximum atomic E-state index is 5.76. The number of hydrogen-bond acceptors (Lipinski definition) is 3. The van der Waals surface area contributed by atoms with E-state index in [1.54, 1.807) is 0 Å². The highest BCUT2D eigenvalue weighted by atomic mass is 16.5. The Morgan fingerprint density at radius 3 is 3.05 bits per heavy atom. The minimum absolute atomic E-state index is 0.603. The van der Waals surface area contributed by atoms with Crippen molar-refractivity contribution in [3.63, 3.8) is 0 Å². The molecule has 104 valence electrons. The van der Waals surface area contributed by atoms with E-state index in [9.17, 15) is 0 Å². The van der Waals surface area contributed by atoms with Crippen molar-refractivity contribution in [2.75, 3.05) is 26.2 Å². The van der Waals surface area contributed by atoms with Gasteiger partial charge in [0.05, 0.1) is 6.61 Å². The van der Waals surface area contributed by atoms with Gasteiger partial charge in [0.1, 0.15) is 5.75 Å². The smallest absolute Gasteiger partial charge is 0.122 e. The lowest BCUT2D eigenvalue weighted by molar-refractivity contribution is 0.127. The van der Waals surface area contributed by atoms with Gasteiger partial charge in [0, 0.05) is 37.6 Å². The van der Waals surface area contributed by atoms with E-state index in [0.717, 1.165) is 38.4 Å². The van der Waals surface area contributed by atoms with Crippen LogP contribution in [0.25, 0.3) is 0 Å². The molecule has 3 atom stereocenters. The van der Waals surface area contributed by atoms with E-state index in [-0.39, 0.29) is 0 Å². The van der Waals surface area contributed by atoms with Gasteiger partial charge in [0.2, 0.25) is 0 Å². The van der Waals surface area contributed by atoms with Crippen molar-refractivity contribution < 1.29 is 4.74 Å². The summed E-state index contributed by atoms with van der Waals surface area (Å²) in [5.41, 5.74) is 1.40. The monoisotopic (exact) mass is 260 g/mol. The number of benzene rings is 1. The van der Waals surface area contributed by atoms with Gasteiger partial charge in [-0.25, -0.2) is 0 Å². The van der Waals surface area contributed by atoms with E-state index in [4.69, 9.17) is 4.74 Å². The molecule has 1 aromatic carbocycles. The van der Waals surface area contributed by atoms with Crippen molar-refractivity contribution in [2.45, 2.75) is 38.3 Å². The minimum Gasteiger partial charge on any atom is -0.493 e. The second-order valence-corrected chi connectivity index (χ2v) is 5.98. The number of hydrogen-bond donors (Lipinski definition) is 1. The third-order valence-electron chi connectivity index (χ3n) is 4.43. The number of ether oxygens (including phenoxy) is 1. The summed E-state index contributed by atoms with van der Waals surface area (Å²) in [6.07, 6.45) is 1.14. The Balaban J connectivity index is 1.73. The molecule has 19 heavy (non-hydrogen) atoms. The topological polar surface area (TPSA) is 24.5 Å². The molecule has 0 amide bonds. The molecule has 1 saturated heterocycles. The van der Waals surface area contributed by atoms with Crippen molar-refractivity contribution in [1.82, 2.24) is 10.2 Å². The number of para-hydroxylation sites is 1. The molecule has 0 radical (unpaired) electrons. The fourth-order valence-electron chi connectivity index (χ4n) is 3.24. The molecular weight excluding hydrogens is 236 g/mol. The number of rotatable bonds is 2. The molecular formula is C16H24N2O. The van der Waals surface area contributed by atoms with Gasteiger partial charge in [-0.3, -0.25) is 4.90 Å². The van der Waals surface area contributed by atoms with Gasteiger partial charge >= 0.3 is 0 Å². The van der Waals surface area contributed by atoms with Gasteiger partial charge in [0.25, 0.3) is 0 Å². The van der Waals surface area contributed by atoms with E-state index in [2.05, 4.69) is 48.3 Å². The number of nitrogens with one attached hydrogen (secondary N) is 1. The van der Waals surface area contributed by atoms with Crippen LogP contribution in [-0.4, -0.2) is 43.2 Å². The summed E-state index contributed by atoms with van der Waals surface area (Å²) in [5.74, 6) is 1.72. The van der Waals surface area contributed by atoms with Gasteiger partial charge in [0.15, 0.2) is 0 Å². The van der Waals surface area contributed by atoms with Gasteiger partial charge in [-0.1, -0.05) is 18.2 Å². The van der Waals surface area contributed by atoms with Crippen molar-refractivity contribution in [1.29, 1.82) is 0 Å². The van der Waals surface area contributed by atoms with Crippen LogP contribution in [0.5, 0.6) is 5.75 Å². The first-order chi connectivity index (χ1) is 9.24. The predicted molar refractivity (Wildman–Crippen MR) is 77.8 cm³/mol. The fraction of sp³-hybridized carbons (Fsp3) is 0.625. The zero-order valence-electron chi connectivity index (χ0n) is 11.9. The molecule has 0 spiro atoms. The van der Waals surface area contributed by atoms with Crippen molar-refractivity contribution in [2.24, 2.45) is 0 Å². The molecule has 2 heterocycles. The minimum atomic E-state index is 0.603. The third kappa shape index (κ3) is 2.77. The molecule has 0 saturated carbocycles. The highest BCUT2D eigenvalue weighted by molar-refractivity contribution is 5.38. The Labute approximate surface area is 115 Å². The van der Waals surface area contributed by atoms with Crippen molar-refractivity contribution in [3.05, 3.63) is 29.8 Å². The molecule has 3 rings (SSSR count). The molecule has 3 nitrogen and oxygen atoms in total. The van der Waals surface area contributed by atoms with Crippen LogP contribution in [0.15, 0.2) is 24.3 Å². The molecule has 3 heteroatoms. The average molecular weight is 260 g/mol. The second kappa shape index (κ2) is 5.51. The second-order valence-electron chi connectivity index (χ2n) is 5.98. The van der Waals surface area contributed by atoms with Crippen LogP contribution in [0, 0.1) is 0 Å². The van der Waals surface area contributed by atoms with E-state index in [1.807, 2.05) is 0 Å². The predicted octanol–water partition coefficient (Wildman–Crippen LogP) is 2.23. The maximum absolute atomic E-state index is 5.76. The molecule has 1 fully saturated rings. The van der Waals surface area contributed by atoms with Crippen LogP contribution in [0.2, 0.25) is 0 Å². The number of piperazine rings is 1. The van der Waals surface area contributed by atoms with Gasteiger partial charge < -0.3 is 10.1 Å². The Morgan fingerprint density at radius 2 is 2.16 bits per heavy atom. The van der Waals surface area contributed by atoms with Crippen LogP contribution in [0.1, 0.15) is 31.7 Å². The van der Waals surface area contributed by atoms with Crippen LogP contribution in [0.3, 0.4) is 0 Å². The molecule has 1 N–H and O–H groups in total. The van der Waals surface area contributed by atoms with E-state index in [0.29, 0.717) is 18.0 Å². The summed E-state index contributed by atoms with van der Waals surface area (Å²) in [6, 6.07) is 9.76. The lowest BCUT2D eigenvalue weighted by Gasteiger charge is -2.40.